The molecular weight excluding hydrogens is 145 g/mol. The molecule has 0 spiro atoms. The molecule has 0 saturated heterocycles. The number of hydrogen-bond donors (Lipinski definition) is 2. The van der Waals surface area contributed by atoms with E-state index in [4.69, 9.17) is 5.11 Å². The number of anilines is 1. The first-order valence-corrected chi connectivity index (χ1v) is 3.58. The van der Waals surface area contributed by atoms with E-state index in [0.29, 0.717) is 0 Å². The first kappa shape index (κ1) is 7.36. The van der Waals surface area contributed by atoms with Gasteiger partial charge in [0.25, 0.3) is 0 Å². The second kappa shape index (κ2) is 2.89. The second-order valence-electron chi connectivity index (χ2n) is 2.03. The Labute approximate surface area is 62.5 Å². The van der Waals surface area contributed by atoms with Crippen LogP contribution < -0.4 is 10.6 Å². The average molecular weight is 155 g/mol. The molecule has 1 unspecified atom stereocenters. The lowest BCUT2D eigenvalue weighted by Crippen LogP contribution is -1.94. The molecule has 0 aliphatic carbocycles. The van der Waals surface area contributed by atoms with Crippen molar-refractivity contribution in [3.63, 3.8) is 0 Å². The Morgan fingerprint density at radius 1 is 1.50 bits per heavy atom. The fourth-order valence-electron chi connectivity index (χ4n) is 0.754. The summed E-state index contributed by atoms with van der Waals surface area (Å²) in [6.45, 7) is 0. The lowest BCUT2D eigenvalue weighted by atomic mass is 10.3. The van der Waals surface area contributed by atoms with Crippen LogP contribution in [-0.4, -0.2) is 12.2 Å². The maximum atomic E-state index is 9.16. The summed E-state index contributed by atoms with van der Waals surface area (Å²) < 4.78 is 0. The molecule has 0 heterocycles. The molecule has 0 bridgehead atoms. The highest BCUT2D eigenvalue weighted by molar-refractivity contribution is 7.27. The topological polar surface area (TPSA) is 32.3 Å². The summed E-state index contributed by atoms with van der Waals surface area (Å²) in [5.41, 5.74) is 0.757. The Morgan fingerprint density at radius 3 is 2.70 bits per heavy atom. The molecule has 0 aliphatic rings. The van der Waals surface area contributed by atoms with Gasteiger partial charge in [-0.15, -0.1) is 9.24 Å². The van der Waals surface area contributed by atoms with Crippen LogP contribution in [-0.2, 0) is 0 Å². The summed E-state index contributed by atoms with van der Waals surface area (Å²) in [5.74, 6) is 0.286. The van der Waals surface area contributed by atoms with Gasteiger partial charge < -0.3 is 10.4 Å². The molecule has 0 radical (unpaired) electrons. The summed E-state index contributed by atoms with van der Waals surface area (Å²) in [6.07, 6.45) is 0. The minimum absolute atomic E-state index is 0.286. The van der Waals surface area contributed by atoms with E-state index in [-0.39, 0.29) is 5.75 Å². The predicted molar refractivity (Wildman–Crippen MR) is 47.0 cm³/mol. The van der Waals surface area contributed by atoms with Gasteiger partial charge in [0.05, 0.1) is 5.69 Å². The minimum atomic E-state index is 0.286. The van der Waals surface area contributed by atoms with E-state index >= 15 is 0 Å². The number of hydrogen-bond acceptors (Lipinski definition) is 2. The third kappa shape index (κ3) is 1.39. The van der Waals surface area contributed by atoms with E-state index in [1.807, 2.05) is 12.1 Å². The molecule has 1 aromatic carbocycles. The molecule has 3 heteroatoms. The molecule has 2 nitrogen and oxygen atoms in total. The number of phenolic OH excluding ortho intramolecular Hbond substituents is 1. The van der Waals surface area contributed by atoms with Crippen molar-refractivity contribution in [3.05, 3.63) is 18.2 Å². The highest BCUT2D eigenvalue weighted by Crippen LogP contribution is 2.20. The summed E-state index contributed by atoms with van der Waals surface area (Å²) in [5, 5.41) is 13.1. The summed E-state index contributed by atoms with van der Waals surface area (Å²) in [7, 11) is 4.34. The Balaban J connectivity index is 3.09. The molecule has 10 heavy (non-hydrogen) atoms. The maximum Gasteiger partial charge on any atom is 0.138 e. The van der Waals surface area contributed by atoms with E-state index in [1.165, 1.54) is 0 Å². The van der Waals surface area contributed by atoms with Gasteiger partial charge >= 0.3 is 0 Å². The molecule has 0 aliphatic heterocycles. The zero-order valence-electron chi connectivity index (χ0n) is 5.76. The van der Waals surface area contributed by atoms with E-state index in [2.05, 4.69) is 14.6 Å². The SMILES string of the molecule is CNc1cc(P)ccc1O. The third-order valence-corrected chi connectivity index (χ3v) is 1.65. The molecule has 0 amide bonds. The van der Waals surface area contributed by atoms with Crippen molar-refractivity contribution in [1.29, 1.82) is 0 Å². The molecule has 1 rings (SSSR count). The monoisotopic (exact) mass is 155 g/mol. The Bertz CT molecular complexity index is 237. The van der Waals surface area contributed by atoms with Crippen molar-refractivity contribution in [1.82, 2.24) is 0 Å². The van der Waals surface area contributed by atoms with Gasteiger partial charge in [0.15, 0.2) is 0 Å². The van der Waals surface area contributed by atoms with Crippen LogP contribution in [0.3, 0.4) is 0 Å². The van der Waals surface area contributed by atoms with Gasteiger partial charge in [-0.1, -0.05) is 6.07 Å². The number of aromatic hydroxyl groups is 1. The van der Waals surface area contributed by atoms with Crippen LogP contribution in [0.4, 0.5) is 5.69 Å². The van der Waals surface area contributed by atoms with Crippen LogP contribution in [0, 0.1) is 0 Å². The molecule has 1 atom stereocenters. The quantitative estimate of drug-likeness (QED) is 0.467. The van der Waals surface area contributed by atoms with Crippen molar-refractivity contribution in [2.75, 3.05) is 12.4 Å². The van der Waals surface area contributed by atoms with E-state index in [9.17, 15) is 0 Å². The number of rotatable bonds is 1. The van der Waals surface area contributed by atoms with Gasteiger partial charge in [0.1, 0.15) is 5.75 Å². The van der Waals surface area contributed by atoms with Gasteiger partial charge in [-0.2, -0.15) is 0 Å². The first-order valence-electron chi connectivity index (χ1n) is 3.00. The second-order valence-corrected chi connectivity index (χ2v) is 2.69. The highest BCUT2D eigenvalue weighted by Gasteiger charge is 1.95. The normalized spacial score (nSPS) is 9.40. The van der Waals surface area contributed by atoms with Gasteiger partial charge in [-0.3, -0.25) is 0 Å². The molecule has 0 fully saturated rings. The largest absolute Gasteiger partial charge is 0.506 e. The molecule has 1 aromatic rings. The Morgan fingerprint density at radius 2 is 2.20 bits per heavy atom. The fraction of sp³-hybridized carbons (Fsp3) is 0.143. The lowest BCUT2D eigenvalue weighted by Gasteiger charge is -2.02. The molecule has 0 aromatic heterocycles. The first-order chi connectivity index (χ1) is 4.74. The van der Waals surface area contributed by atoms with Crippen molar-refractivity contribution < 1.29 is 5.11 Å². The van der Waals surface area contributed by atoms with Gasteiger partial charge in [-0.25, -0.2) is 0 Å². The maximum absolute atomic E-state index is 9.16. The summed E-state index contributed by atoms with van der Waals surface area (Å²) in [6, 6.07) is 5.36. The zero-order valence-corrected chi connectivity index (χ0v) is 6.91. The van der Waals surface area contributed by atoms with Crippen LogP contribution in [0.5, 0.6) is 5.75 Å². The van der Waals surface area contributed by atoms with Crippen molar-refractivity contribution >= 4 is 20.2 Å². The van der Waals surface area contributed by atoms with E-state index in [0.717, 1.165) is 11.0 Å². The Kier molecular flexibility index (Phi) is 2.13. The lowest BCUT2D eigenvalue weighted by molar-refractivity contribution is 0.477. The number of nitrogens with one attached hydrogen (secondary N) is 1. The molecular formula is C7H10NOP. The molecule has 54 valence electrons. The van der Waals surface area contributed by atoms with Crippen LogP contribution in [0.25, 0.3) is 0 Å². The third-order valence-electron chi connectivity index (χ3n) is 1.29. The van der Waals surface area contributed by atoms with Crippen molar-refractivity contribution in [2.24, 2.45) is 0 Å². The minimum Gasteiger partial charge on any atom is -0.506 e. The van der Waals surface area contributed by atoms with Gasteiger partial charge in [0.2, 0.25) is 0 Å². The summed E-state index contributed by atoms with van der Waals surface area (Å²) in [4.78, 5) is 0. The molecule has 0 saturated carbocycles. The van der Waals surface area contributed by atoms with Crippen LogP contribution in [0.2, 0.25) is 0 Å². The van der Waals surface area contributed by atoms with Crippen LogP contribution >= 0.6 is 9.24 Å². The highest BCUT2D eigenvalue weighted by atomic mass is 31.0. The Hall–Kier alpha value is -0.750. The smallest absolute Gasteiger partial charge is 0.138 e. The standard InChI is InChI=1S/C7H10NOP/c1-8-6-4-5(10)2-3-7(6)9/h2-4,8-9H,10H2,1H3. The molecule has 2 N–H and O–H groups in total. The van der Waals surface area contributed by atoms with Gasteiger partial charge in [0, 0.05) is 7.05 Å². The van der Waals surface area contributed by atoms with Crippen LogP contribution in [0.1, 0.15) is 0 Å². The number of phenols is 1. The zero-order chi connectivity index (χ0) is 7.56. The van der Waals surface area contributed by atoms with Gasteiger partial charge in [-0.05, 0) is 17.4 Å². The average Bonchev–Trinajstić information content (AvgIpc) is 1.94. The van der Waals surface area contributed by atoms with Crippen molar-refractivity contribution in [3.8, 4) is 5.75 Å². The number of benzene rings is 1. The predicted octanol–water partition coefficient (Wildman–Crippen LogP) is 0.934. The van der Waals surface area contributed by atoms with E-state index in [1.54, 1.807) is 13.1 Å². The van der Waals surface area contributed by atoms with E-state index < -0.39 is 0 Å². The fourth-order valence-corrected chi connectivity index (χ4v) is 1.02. The summed E-state index contributed by atoms with van der Waals surface area (Å²) >= 11 is 0. The van der Waals surface area contributed by atoms with Crippen molar-refractivity contribution in [2.45, 2.75) is 0 Å². The van der Waals surface area contributed by atoms with Crippen LogP contribution in [0.15, 0.2) is 18.2 Å².